The van der Waals surface area contributed by atoms with Gasteiger partial charge in [0.15, 0.2) is 9.84 Å². The van der Waals surface area contributed by atoms with E-state index >= 15 is 0 Å². The Hall–Kier alpha value is -2.46. The number of nitrogens with zero attached hydrogens (tertiary/aromatic N) is 2. The lowest BCUT2D eigenvalue weighted by Gasteiger charge is -2.29. The number of halogens is 2. The van der Waals surface area contributed by atoms with Crippen molar-refractivity contribution in [1.82, 2.24) is 9.88 Å². The van der Waals surface area contributed by atoms with Gasteiger partial charge in [0.05, 0.1) is 12.2 Å². The number of carboxylic acids is 1. The highest BCUT2D eigenvalue weighted by Gasteiger charge is 2.50. The van der Waals surface area contributed by atoms with Crippen molar-refractivity contribution in [2.45, 2.75) is 17.6 Å². The SMILES string of the molecule is Cl.O=C(O)C[C@]1(c2ccc(-c3ccc(Cl)cc3)s2)CCN(C(=O)c2ccccn2)CCS1(=O)=O. The topological polar surface area (TPSA) is 105 Å². The lowest BCUT2D eigenvalue weighted by molar-refractivity contribution is -0.137. The number of hydrogen-bond acceptors (Lipinski definition) is 6. The van der Waals surface area contributed by atoms with Crippen molar-refractivity contribution in [3.05, 3.63) is 76.4 Å². The molecule has 0 bridgehead atoms. The normalized spacial score (nSPS) is 19.6. The summed E-state index contributed by atoms with van der Waals surface area (Å²) in [6.07, 6.45) is 0.919. The number of sulfone groups is 1. The number of aliphatic carboxylic acids is 1. The van der Waals surface area contributed by atoms with Gasteiger partial charge in [0, 0.05) is 34.1 Å². The Balaban J connectivity index is 0.00000324. The predicted molar refractivity (Wildman–Crippen MR) is 134 cm³/mol. The maximum absolute atomic E-state index is 13.5. The zero-order valence-corrected chi connectivity index (χ0v) is 21.1. The number of hydrogen-bond donors (Lipinski definition) is 1. The van der Waals surface area contributed by atoms with Crippen LogP contribution in [0, 0.1) is 0 Å². The zero-order chi connectivity index (χ0) is 23.6. The molecular formula is C23H22Cl2N2O5S2. The van der Waals surface area contributed by atoms with Crippen LogP contribution in [0.2, 0.25) is 5.02 Å². The minimum absolute atomic E-state index is 0. The van der Waals surface area contributed by atoms with Crippen molar-refractivity contribution in [2.24, 2.45) is 0 Å². The molecule has 7 nitrogen and oxygen atoms in total. The lowest BCUT2D eigenvalue weighted by atomic mass is 9.97. The fourth-order valence-corrected chi connectivity index (χ4v) is 7.75. The standard InChI is InChI=1S/C23H21ClN2O5S2.ClH/c24-17-6-4-16(5-7-17)19-8-9-20(32-19)23(15-21(27)28)10-12-26(13-14-33(23,30)31)22(29)18-3-1-2-11-25-18;/h1-9,11H,10,12-15H2,(H,27,28);1H/t23-;/m0./s1. The Bertz CT molecular complexity index is 1280. The third kappa shape index (κ3) is 5.12. The average Bonchev–Trinajstić information content (AvgIpc) is 3.24. The molecule has 1 amide bonds. The van der Waals surface area contributed by atoms with E-state index in [9.17, 15) is 23.1 Å². The summed E-state index contributed by atoms with van der Waals surface area (Å²) in [7, 11) is -3.90. The molecule has 3 heterocycles. The molecular weight excluding hydrogens is 519 g/mol. The molecule has 3 aromatic rings. The van der Waals surface area contributed by atoms with E-state index in [1.54, 1.807) is 42.5 Å². The Labute approximate surface area is 212 Å². The second-order valence-corrected chi connectivity index (χ2v) is 11.8. The van der Waals surface area contributed by atoms with Crippen LogP contribution in [0.5, 0.6) is 0 Å². The molecule has 2 aromatic heterocycles. The maximum atomic E-state index is 13.5. The smallest absolute Gasteiger partial charge is 0.305 e. The van der Waals surface area contributed by atoms with Gasteiger partial charge in [0.25, 0.3) is 5.91 Å². The first kappa shape index (κ1) is 26.2. The molecule has 1 N–H and O–H groups in total. The fraction of sp³-hybridized carbons (Fsp3) is 0.261. The highest BCUT2D eigenvalue weighted by Crippen LogP contribution is 2.45. The van der Waals surface area contributed by atoms with Crippen LogP contribution in [0.3, 0.4) is 0 Å². The number of amides is 1. The Morgan fingerprint density at radius 1 is 1.09 bits per heavy atom. The summed E-state index contributed by atoms with van der Waals surface area (Å²) >= 11 is 7.22. The summed E-state index contributed by atoms with van der Waals surface area (Å²) in [6, 6.07) is 15.6. The molecule has 4 rings (SSSR count). The van der Waals surface area contributed by atoms with Gasteiger partial charge in [-0.15, -0.1) is 23.7 Å². The summed E-state index contributed by atoms with van der Waals surface area (Å²) < 4.78 is 25.4. The van der Waals surface area contributed by atoms with Crippen LogP contribution in [-0.4, -0.2) is 54.1 Å². The zero-order valence-electron chi connectivity index (χ0n) is 17.9. The number of pyridine rings is 1. The van der Waals surface area contributed by atoms with Gasteiger partial charge in [-0.25, -0.2) is 8.42 Å². The molecule has 11 heteroatoms. The van der Waals surface area contributed by atoms with E-state index in [1.807, 2.05) is 12.1 Å². The van der Waals surface area contributed by atoms with E-state index < -0.39 is 27.0 Å². The van der Waals surface area contributed by atoms with E-state index in [1.165, 1.54) is 22.4 Å². The van der Waals surface area contributed by atoms with E-state index in [0.717, 1.165) is 10.4 Å². The van der Waals surface area contributed by atoms with E-state index in [4.69, 9.17) is 11.6 Å². The second kappa shape index (κ2) is 10.4. The van der Waals surface area contributed by atoms with Crippen LogP contribution in [0.4, 0.5) is 0 Å². The van der Waals surface area contributed by atoms with Crippen LogP contribution >= 0.6 is 35.3 Å². The van der Waals surface area contributed by atoms with Crippen molar-refractivity contribution in [1.29, 1.82) is 0 Å². The number of carbonyl (C=O) groups is 2. The first-order chi connectivity index (χ1) is 15.7. The molecule has 0 spiro atoms. The molecule has 1 atom stereocenters. The Morgan fingerprint density at radius 3 is 2.47 bits per heavy atom. The molecule has 1 saturated heterocycles. The third-order valence-electron chi connectivity index (χ3n) is 5.80. The minimum Gasteiger partial charge on any atom is -0.481 e. The van der Waals surface area contributed by atoms with Crippen LogP contribution in [-0.2, 0) is 19.4 Å². The lowest BCUT2D eigenvalue weighted by Crippen LogP contribution is -2.39. The van der Waals surface area contributed by atoms with Gasteiger partial charge in [-0.2, -0.15) is 0 Å². The Kier molecular flexibility index (Phi) is 8.02. The van der Waals surface area contributed by atoms with Gasteiger partial charge >= 0.3 is 5.97 Å². The third-order valence-corrected chi connectivity index (χ3v) is 10.0. The predicted octanol–water partition coefficient (Wildman–Crippen LogP) is 4.52. The number of thiophene rings is 1. The van der Waals surface area contributed by atoms with Gasteiger partial charge in [0.2, 0.25) is 0 Å². The van der Waals surface area contributed by atoms with E-state index in [2.05, 4.69) is 4.98 Å². The first-order valence-electron chi connectivity index (χ1n) is 10.2. The summed E-state index contributed by atoms with van der Waals surface area (Å²) in [5.41, 5.74) is 1.08. The molecule has 0 unspecified atom stereocenters. The van der Waals surface area contributed by atoms with Crippen molar-refractivity contribution in [3.8, 4) is 10.4 Å². The first-order valence-corrected chi connectivity index (χ1v) is 13.1. The highest BCUT2D eigenvalue weighted by atomic mass is 35.5. The summed E-state index contributed by atoms with van der Waals surface area (Å²) in [4.78, 5) is 31.5. The van der Waals surface area contributed by atoms with Gasteiger partial charge in [-0.1, -0.05) is 29.8 Å². The average molecular weight is 541 g/mol. The van der Waals surface area contributed by atoms with Crippen LogP contribution in [0.1, 0.15) is 28.2 Å². The van der Waals surface area contributed by atoms with E-state index in [0.29, 0.717) is 9.90 Å². The Morgan fingerprint density at radius 2 is 1.82 bits per heavy atom. The largest absolute Gasteiger partial charge is 0.481 e. The number of aromatic nitrogens is 1. The molecule has 0 saturated carbocycles. The molecule has 0 aliphatic carbocycles. The van der Waals surface area contributed by atoms with Crippen molar-refractivity contribution in [2.75, 3.05) is 18.8 Å². The molecule has 180 valence electrons. The highest BCUT2D eigenvalue weighted by molar-refractivity contribution is 7.92. The number of benzene rings is 1. The molecule has 1 aromatic carbocycles. The quantitative estimate of drug-likeness (QED) is 0.510. The van der Waals surface area contributed by atoms with E-state index in [-0.39, 0.29) is 49.3 Å². The van der Waals surface area contributed by atoms with Gasteiger partial charge in [0.1, 0.15) is 10.4 Å². The molecule has 1 fully saturated rings. The van der Waals surface area contributed by atoms with Crippen molar-refractivity contribution < 1.29 is 23.1 Å². The van der Waals surface area contributed by atoms with Gasteiger partial charge in [-0.3, -0.25) is 14.6 Å². The maximum Gasteiger partial charge on any atom is 0.305 e. The molecule has 34 heavy (non-hydrogen) atoms. The number of carbonyl (C=O) groups excluding carboxylic acids is 1. The summed E-state index contributed by atoms with van der Waals surface area (Å²) in [5.74, 6) is -1.90. The molecule has 1 aliphatic heterocycles. The second-order valence-electron chi connectivity index (χ2n) is 7.81. The van der Waals surface area contributed by atoms with Gasteiger partial charge in [-0.05, 0) is 48.4 Å². The number of rotatable bonds is 5. The monoisotopic (exact) mass is 540 g/mol. The summed E-state index contributed by atoms with van der Waals surface area (Å²) in [5, 5.41) is 10.2. The minimum atomic E-state index is -3.90. The van der Waals surface area contributed by atoms with Crippen LogP contribution in [0.25, 0.3) is 10.4 Å². The fourth-order valence-electron chi connectivity index (χ4n) is 4.02. The van der Waals surface area contributed by atoms with Gasteiger partial charge < -0.3 is 10.0 Å². The van der Waals surface area contributed by atoms with Crippen LogP contribution in [0.15, 0.2) is 60.8 Å². The van der Waals surface area contributed by atoms with Crippen molar-refractivity contribution in [3.63, 3.8) is 0 Å². The molecule has 0 radical (unpaired) electrons. The number of carboxylic acid groups (broad SMARTS) is 1. The summed E-state index contributed by atoms with van der Waals surface area (Å²) in [6.45, 7) is 0.0879. The van der Waals surface area contributed by atoms with Crippen molar-refractivity contribution >= 4 is 57.1 Å². The van der Waals surface area contributed by atoms with Crippen LogP contribution < -0.4 is 0 Å². The molecule has 1 aliphatic rings.